The van der Waals surface area contributed by atoms with Gasteiger partial charge in [0.25, 0.3) is 0 Å². The Labute approximate surface area is 281 Å². The highest BCUT2D eigenvalue weighted by molar-refractivity contribution is 5.29. The van der Waals surface area contributed by atoms with Crippen molar-refractivity contribution in [2.45, 2.75) is 177 Å². The van der Waals surface area contributed by atoms with Crippen molar-refractivity contribution in [3.63, 3.8) is 0 Å². The molecular formula is C45H72. The average molecular weight is 613 g/mol. The summed E-state index contributed by atoms with van der Waals surface area (Å²) in [5.74, 6) is 0. The van der Waals surface area contributed by atoms with E-state index in [1.807, 2.05) is 0 Å². The number of hydrogen-bond acceptors (Lipinski definition) is 0. The summed E-state index contributed by atoms with van der Waals surface area (Å²) in [6.07, 6.45) is 26.8. The molecular weight excluding hydrogens is 540 g/mol. The summed E-state index contributed by atoms with van der Waals surface area (Å²) in [5, 5.41) is 0. The van der Waals surface area contributed by atoms with Gasteiger partial charge in [0.15, 0.2) is 0 Å². The lowest BCUT2D eigenvalue weighted by molar-refractivity contribution is 0.661. The van der Waals surface area contributed by atoms with E-state index in [0.717, 1.165) is 0 Å². The summed E-state index contributed by atoms with van der Waals surface area (Å²) in [7, 11) is 0. The van der Waals surface area contributed by atoms with E-state index in [4.69, 9.17) is 0 Å². The largest absolute Gasteiger partial charge is 0.0654 e. The Bertz CT molecular complexity index is 1040. The molecule has 3 aromatic carbocycles. The Hall–Kier alpha value is -2.34. The Morgan fingerprint density at radius 3 is 1.13 bits per heavy atom. The van der Waals surface area contributed by atoms with E-state index < -0.39 is 0 Å². The van der Waals surface area contributed by atoms with Crippen LogP contribution in [-0.2, 0) is 25.7 Å². The predicted molar refractivity (Wildman–Crippen MR) is 205 cm³/mol. The molecule has 45 heavy (non-hydrogen) atoms. The Kier molecular flexibility index (Phi) is 25.2. The van der Waals surface area contributed by atoms with Crippen LogP contribution in [0.1, 0.15) is 169 Å². The zero-order valence-electron chi connectivity index (χ0n) is 31.0. The fraction of sp³-hybridized carbons (Fsp3) is 0.600. The highest BCUT2D eigenvalue weighted by Gasteiger charge is 2.00. The average Bonchev–Trinajstić information content (AvgIpc) is 3.03. The summed E-state index contributed by atoms with van der Waals surface area (Å²) >= 11 is 0. The van der Waals surface area contributed by atoms with Gasteiger partial charge in [-0.1, -0.05) is 188 Å². The monoisotopic (exact) mass is 613 g/mol. The maximum Gasteiger partial charge on any atom is -0.0279 e. The molecule has 3 rings (SSSR count). The quantitative estimate of drug-likeness (QED) is 0.111. The number of benzene rings is 3. The van der Waals surface area contributed by atoms with Gasteiger partial charge in [0.2, 0.25) is 0 Å². The molecule has 0 aliphatic rings. The molecule has 0 aromatic heterocycles. The first-order valence-corrected chi connectivity index (χ1v) is 19.1. The van der Waals surface area contributed by atoms with E-state index in [0.29, 0.717) is 0 Å². The maximum absolute atomic E-state index is 2.45. The van der Waals surface area contributed by atoms with Crippen LogP contribution in [0.15, 0.2) is 66.7 Å². The molecule has 0 saturated heterocycles. The minimum atomic E-state index is 1.25. The molecule has 0 atom stereocenters. The van der Waals surface area contributed by atoms with Crippen LogP contribution in [0.2, 0.25) is 0 Å². The van der Waals surface area contributed by atoms with Crippen molar-refractivity contribution in [2.24, 2.45) is 0 Å². The Balaban J connectivity index is 0.000000347. The van der Waals surface area contributed by atoms with E-state index in [9.17, 15) is 0 Å². The van der Waals surface area contributed by atoms with Crippen LogP contribution in [0.3, 0.4) is 0 Å². The molecule has 0 N–H and O–H groups in total. The maximum atomic E-state index is 2.45. The highest BCUT2D eigenvalue weighted by atomic mass is 14.1. The minimum Gasteiger partial charge on any atom is -0.0654 e. The van der Waals surface area contributed by atoms with Crippen molar-refractivity contribution in [1.82, 2.24) is 0 Å². The van der Waals surface area contributed by atoms with Gasteiger partial charge in [-0.3, -0.25) is 0 Å². The third kappa shape index (κ3) is 22.8. The third-order valence-corrected chi connectivity index (χ3v) is 8.68. The zero-order valence-corrected chi connectivity index (χ0v) is 31.0. The van der Waals surface area contributed by atoms with Crippen LogP contribution >= 0.6 is 0 Å². The van der Waals surface area contributed by atoms with Crippen LogP contribution in [-0.4, -0.2) is 0 Å². The first-order chi connectivity index (χ1) is 21.9. The van der Waals surface area contributed by atoms with Crippen molar-refractivity contribution >= 4 is 0 Å². The van der Waals surface area contributed by atoms with Gasteiger partial charge in [-0.25, -0.2) is 0 Å². The molecule has 0 fully saturated rings. The zero-order chi connectivity index (χ0) is 33.0. The molecule has 0 heteroatoms. The first-order valence-electron chi connectivity index (χ1n) is 19.1. The molecule has 0 bridgehead atoms. The van der Waals surface area contributed by atoms with Gasteiger partial charge in [0.05, 0.1) is 0 Å². The molecule has 0 nitrogen and oxygen atoms in total. The molecule has 0 saturated carbocycles. The summed E-state index contributed by atoms with van der Waals surface area (Å²) in [6.45, 7) is 15.6. The van der Waals surface area contributed by atoms with Crippen molar-refractivity contribution in [2.75, 3.05) is 0 Å². The van der Waals surface area contributed by atoms with Crippen molar-refractivity contribution in [3.05, 3.63) is 106 Å². The van der Waals surface area contributed by atoms with Gasteiger partial charge < -0.3 is 0 Å². The molecule has 0 unspecified atom stereocenters. The molecule has 0 amide bonds. The summed E-state index contributed by atoms with van der Waals surface area (Å²) < 4.78 is 0. The lowest BCUT2D eigenvalue weighted by atomic mass is 9.98. The molecule has 3 aromatic rings. The van der Waals surface area contributed by atoms with Gasteiger partial charge in [0, 0.05) is 0 Å². The first kappa shape index (κ1) is 40.7. The van der Waals surface area contributed by atoms with E-state index in [1.165, 1.54) is 156 Å². The summed E-state index contributed by atoms with van der Waals surface area (Å²) in [4.78, 5) is 0. The smallest absolute Gasteiger partial charge is 0.0279 e. The molecule has 0 heterocycles. The number of hydrogen-bond donors (Lipinski definition) is 0. The fourth-order valence-electron chi connectivity index (χ4n) is 5.88. The van der Waals surface area contributed by atoms with Gasteiger partial charge in [0.1, 0.15) is 0 Å². The minimum absolute atomic E-state index is 1.25. The molecule has 0 radical (unpaired) electrons. The fourth-order valence-corrected chi connectivity index (χ4v) is 5.88. The topological polar surface area (TPSA) is 0 Å². The van der Waals surface area contributed by atoms with Gasteiger partial charge >= 0.3 is 0 Å². The van der Waals surface area contributed by atoms with E-state index in [1.54, 1.807) is 11.1 Å². The van der Waals surface area contributed by atoms with Gasteiger partial charge in [-0.2, -0.15) is 0 Å². The second kappa shape index (κ2) is 27.9. The Morgan fingerprint density at radius 1 is 0.311 bits per heavy atom. The second-order valence-corrected chi connectivity index (χ2v) is 13.5. The van der Waals surface area contributed by atoms with Crippen LogP contribution in [0.4, 0.5) is 0 Å². The van der Waals surface area contributed by atoms with E-state index in [-0.39, 0.29) is 0 Å². The van der Waals surface area contributed by atoms with Crippen molar-refractivity contribution in [3.8, 4) is 0 Å². The van der Waals surface area contributed by atoms with Gasteiger partial charge in [-0.15, -0.1) is 0 Å². The number of unbranched alkanes of at least 4 members (excludes halogenated alkanes) is 12. The van der Waals surface area contributed by atoms with Crippen molar-refractivity contribution in [1.29, 1.82) is 0 Å². The number of aryl methyl sites for hydroxylation is 7. The highest BCUT2D eigenvalue weighted by Crippen LogP contribution is 2.16. The third-order valence-electron chi connectivity index (χ3n) is 8.68. The van der Waals surface area contributed by atoms with Crippen LogP contribution in [0.25, 0.3) is 0 Å². The SMILES string of the molecule is CCCCCCc1cc(C)cc(CCCCCC)c1.CCCCCCc1ccc(C)cc1.CCCCCCc1cccc(C)c1. The lowest BCUT2D eigenvalue weighted by Crippen LogP contribution is -1.93. The van der Waals surface area contributed by atoms with Crippen molar-refractivity contribution < 1.29 is 0 Å². The summed E-state index contributed by atoms with van der Waals surface area (Å²) in [5.41, 5.74) is 10.3. The standard InChI is InChI=1S/C19H32.2C13H20/c1-4-6-8-10-12-18-14-17(3)15-19(16-18)13-11-9-7-5-2;1-3-4-5-6-9-13-10-7-8-12(2)11-13;1-3-4-5-6-7-13-10-8-12(2)9-11-13/h14-16H,4-13H2,1-3H3;7-8,10-11H,3-6,9H2,1-2H3;8-11H,3-7H2,1-2H3. The lowest BCUT2D eigenvalue weighted by Gasteiger charge is -2.08. The Morgan fingerprint density at radius 2 is 0.711 bits per heavy atom. The van der Waals surface area contributed by atoms with Crippen LogP contribution in [0, 0.1) is 20.8 Å². The molecule has 0 aliphatic carbocycles. The van der Waals surface area contributed by atoms with Crippen LogP contribution < -0.4 is 0 Å². The predicted octanol–water partition coefficient (Wildman–Crippen LogP) is 14.5. The van der Waals surface area contributed by atoms with E-state index >= 15 is 0 Å². The summed E-state index contributed by atoms with van der Waals surface area (Å²) in [6, 6.07) is 25.0. The van der Waals surface area contributed by atoms with E-state index in [2.05, 4.69) is 115 Å². The normalized spacial score (nSPS) is 10.6. The molecule has 252 valence electrons. The molecule has 0 spiro atoms. The van der Waals surface area contributed by atoms with Gasteiger partial charge in [-0.05, 0) is 94.4 Å². The molecule has 0 aliphatic heterocycles. The van der Waals surface area contributed by atoms with Crippen LogP contribution in [0.5, 0.6) is 0 Å². The number of rotatable bonds is 20. The second-order valence-electron chi connectivity index (χ2n) is 13.5.